The van der Waals surface area contributed by atoms with Crippen LogP contribution in [0.5, 0.6) is 0 Å². The van der Waals surface area contributed by atoms with Gasteiger partial charge in [-0.15, -0.1) is 0 Å². The molecule has 1 N–H and O–H groups in total. The molecule has 2 aliphatic rings. The average Bonchev–Trinajstić information content (AvgIpc) is 3.07. The molecule has 4 rings (SSSR count). The molecule has 0 radical (unpaired) electrons. The van der Waals surface area contributed by atoms with Crippen LogP contribution in [-0.2, 0) is 0 Å². The summed E-state index contributed by atoms with van der Waals surface area (Å²) in [5.74, 6) is 0.804. The number of aliphatic hydroxyl groups is 1. The fourth-order valence-electron chi connectivity index (χ4n) is 4.28. The van der Waals surface area contributed by atoms with Crippen molar-refractivity contribution in [1.29, 1.82) is 0 Å². The molecular weight excluding hydrogens is 344 g/mol. The Morgan fingerprint density at radius 2 is 1.93 bits per heavy atom. The highest BCUT2D eigenvalue weighted by molar-refractivity contribution is 5.92. The Morgan fingerprint density at radius 1 is 1.19 bits per heavy atom. The largest absolute Gasteiger partial charge is 0.396 e. The lowest BCUT2D eigenvalue weighted by atomic mass is 9.71. The first kappa shape index (κ1) is 17.8. The lowest BCUT2D eigenvalue weighted by Crippen LogP contribution is -2.47. The van der Waals surface area contributed by atoms with E-state index in [-0.39, 0.29) is 23.8 Å². The molecule has 1 atom stereocenters. The van der Waals surface area contributed by atoms with E-state index in [2.05, 4.69) is 24.8 Å². The first-order chi connectivity index (χ1) is 13.1. The number of carbonyl (C=O) groups excluding carboxylic acids is 1. The number of piperidine rings is 1. The van der Waals surface area contributed by atoms with Crippen LogP contribution in [0.3, 0.4) is 0 Å². The Kier molecular flexibility index (Phi) is 4.73. The van der Waals surface area contributed by atoms with Gasteiger partial charge in [-0.25, -0.2) is 15.0 Å². The van der Waals surface area contributed by atoms with E-state index in [1.165, 1.54) is 0 Å². The number of hydrogen-bond donors (Lipinski definition) is 1. The first-order valence-electron chi connectivity index (χ1n) is 9.32. The number of likely N-dealkylation sites (tertiary alicyclic amines) is 1. The number of aryl methyl sites for hydroxylation is 1. The van der Waals surface area contributed by atoms with Crippen LogP contribution >= 0.6 is 0 Å². The Hall–Kier alpha value is -2.61. The van der Waals surface area contributed by atoms with Gasteiger partial charge in [0.05, 0.1) is 11.9 Å². The summed E-state index contributed by atoms with van der Waals surface area (Å²) >= 11 is 0. The van der Waals surface area contributed by atoms with E-state index in [1.54, 1.807) is 30.9 Å². The van der Waals surface area contributed by atoms with E-state index < -0.39 is 0 Å². The molecule has 1 amide bonds. The summed E-state index contributed by atoms with van der Waals surface area (Å²) in [6.45, 7) is 4.87. The minimum atomic E-state index is -0.0702. The number of rotatable bonds is 3. The van der Waals surface area contributed by atoms with Crippen LogP contribution in [0.15, 0.2) is 30.9 Å². The third-order valence-corrected chi connectivity index (χ3v) is 5.91. The molecule has 8 nitrogen and oxygen atoms in total. The first-order valence-corrected chi connectivity index (χ1v) is 9.32. The van der Waals surface area contributed by atoms with Crippen LogP contribution in [0, 0.1) is 18.3 Å². The molecule has 4 heterocycles. The quantitative estimate of drug-likeness (QED) is 0.861. The van der Waals surface area contributed by atoms with Crippen molar-refractivity contribution in [1.82, 2.24) is 24.8 Å². The van der Waals surface area contributed by atoms with E-state index in [1.807, 2.05) is 11.8 Å². The van der Waals surface area contributed by atoms with Crippen molar-refractivity contribution in [3.8, 4) is 0 Å². The van der Waals surface area contributed by atoms with Gasteiger partial charge in [0.15, 0.2) is 0 Å². The topological polar surface area (TPSA) is 95.3 Å². The van der Waals surface area contributed by atoms with Gasteiger partial charge in [0.2, 0.25) is 5.95 Å². The van der Waals surface area contributed by atoms with Gasteiger partial charge in [0.25, 0.3) is 5.91 Å². The molecule has 27 heavy (non-hydrogen) atoms. The van der Waals surface area contributed by atoms with Crippen molar-refractivity contribution >= 4 is 11.9 Å². The molecule has 0 bridgehead atoms. The predicted octanol–water partition coefficient (Wildman–Crippen LogP) is 0.926. The number of carbonyl (C=O) groups is 1. The second-order valence-corrected chi connectivity index (χ2v) is 7.51. The van der Waals surface area contributed by atoms with Gasteiger partial charge in [-0.1, -0.05) is 0 Å². The van der Waals surface area contributed by atoms with Crippen molar-refractivity contribution in [2.45, 2.75) is 19.8 Å². The molecule has 142 valence electrons. The molecule has 0 aromatic carbocycles. The summed E-state index contributed by atoms with van der Waals surface area (Å²) in [5.41, 5.74) is 1.18. The Bertz CT molecular complexity index is 790. The summed E-state index contributed by atoms with van der Waals surface area (Å²) < 4.78 is 0. The van der Waals surface area contributed by atoms with Crippen LogP contribution in [0.2, 0.25) is 0 Å². The SMILES string of the molecule is Cc1cnc(C(=O)N2CCC3(CC2)CN(c2ncccn2)CC3CO)cn1. The Balaban J connectivity index is 1.45. The van der Waals surface area contributed by atoms with Crippen LogP contribution in [0.4, 0.5) is 5.95 Å². The molecule has 2 aromatic rings. The van der Waals surface area contributed by atoms with E-state index in [0.717, 1.165) is 31.6 Å². The third kappa shape index (κ3) is 3.37. The lowest BCUT2D eigenvalue weighted by molar-refractivity contribution is 0.0412. The maximum atomic E-state index is 12.7. The molecule has 2 saturated heterocycles. The van der Waals surface area contributed by atoms with E-state index in [4.69, 9.17) is 0 Å². The van der Waals surface area contributed by atoms with E-state index >= 15 is 0 Å². The molecular formula is C19H24N6O2. The normalized spacial score (nSPS) is 21.6. The van der Waals surface area contributed by atoms with Crippen molar-refractivity contribution in [2.24, 2.45) is 11.3 Å². The highest BCUT2D eigenvalue weighted by atomic mass is 16.3. The molecule has 2 fully saturated rings. The number of nitrogens with zero attached hydrogens (tertiary/aromatic N) is 6. The van der Waals surface area contributed by atoms with Gasteiger partial charge < -0.3 is 14.9 Å². The van der Waals surface area contributed by atoms with Crippen LogP contribution in [0.1, 0.15) is 29.0 Å². The van der Waals surface area contributed by atoms with Gasteiger partial charge in [-0.05, 0) is 31.2 Å². The zero-order chi connectivity index (χ0) is 18.9. The van der Waals surface area contributed by atoms with Crippen LogP contribution in [0.25, 0.3) is 0 Å². The lowest BCUT2D eigenvalue weighted by Gasteiger charge is -2.42. The summed E-state index contributed by atoms with van der Waals surface area (Å²) in [6, 6.07) is 1.80. The van der Waals surface area contributed by atoms with E-state index in [0.29, 0.717) is 24.7 Å². The second-order valence-electron chi connectivity index (χ2n) is 7.51. The van der Waals surface area contributed by atoms with Crippen molar-refractivity contribution in [2.75, 3.05) is 37.7 Å². The highest BCUT2D eigenvalue weighted by Crippen LogP contribution is 2.45. The number of anilines is 1. The third-order valence-electron chi connectivity index (χ3n) is 5.91. The zero-order valence-corrected chi connectivity index (χ0v) is 15.5. The standard InChI is InChI=1S/C19H24N6O2/c1-14-9-23-16(10-22-14)17(27)24-7-3-19(4-8-24)13-25(11-15(19)12-26)18-20-5-2-6-21-18/h2,5-6,9-10,15,26H,3-4,7-8,11-13H2,1H3. The summed E-state index contributed by atoms with van der Waals surface area (Å²) in [7, 11) is 0. The smallest absolute Gasteiger partial charge is 0.274 e. The highest BCUT2D eigenvalue weighted by Gasteiger charge is 2.48. The van der Waals surface area contributed by atoms with Crippen molar-refractivity contribution in [3.63, 3.8) is 0 Å². The Morgan fingerprint density at radius 3 is 2.56 bits per heavy atom. The zero-order valence-electron chi connectivity index (χ0n) is 15.5. The van der Waals surface area contributed by atoms with Gasteiger partial charge in [-0.3, -0.25) is 9.78 Å². The summed E-state index contributed by atoms with van der Waals surface area (Å²) in [5, 5.41) is 9.96. The second kappa shape index (κ2) is 7.19. The maximum Gasteiger partial charge on any atom is 0.274 e. The maximum absolute atomic E-state index is 12.7. The molecule has 2 aliphatic heterocycles. The number of aromatic nitrogens is 4. The minimum absolute atomic E-state index is 0.0102. The summed E-state index contributed by atoms with van der Waals surface area (Å²) in [4.78, 5) is 33.8. The van der Waals surface area contributed by atoms with Crippen LogP contribution in [-0.4, -0.2) is 68.6 Å². The average molecular weight is 368 g/mol. The molecule has 1 unspecified atom stereocenters. The minimum Gasteiger partial charge on any atom is -0.396 e. The number of hydrogen-bond acceptors (Lipinski definition) is 7. The van der Waals surface area contributed by atoms with Gasteiger partial charge in [0.1, 0.15) is 5.69 Å². The van der Waals surface area contributed by atoms with Crippen molar-refractivity contribution < 1.29 is 9.90 Å². The molecule has 0 saturated carbocycles. The fraction of sp³-hybridized carbons (Fsp3) is 0.526. The Labute approximate surface area is 158 Å². The molecule has 0 aliphatic carbocycles. The molecule has 1 spiro atoms. The number of amides is 1. The predicted molar refractivity (Wildman–Crippen MR) is 99.2 cm³/mol. The van der Waals surface area contributed by atoms with E-state index in [9.17, 15) is 9.90 Å². The van der Waals surface area contributed by atoms with Crippen LogP contribution < -0.4 is 4.90 Å². The molecule has 2 aromatic heterocycles. The van der Waals surface area contributed by atoms with Gasteiger partial charge in [-0.2, -0.15) is 0 Å². The number of aliphatic hydroxyl groups excluding tert-OH is 1. The molecule has 8 heteroatoms. The van der Waals surface area contributed by atoms with Gasteiger partial charge in [0, 0.05) is 57.3 Å². The fourth-order valence-corrected chi connectivity index (χ4v) is 4.28. The van der Waals surface area contributed by atoms with Crippen molar-refractivity contribution in [3.05, 3.63) is 42.2 Å². The monoisotopic (exact) mass is 368 g/mol. The van der Waals surface area contributed by atoms with Gasteiger partial charge >= 0.3 is 0 Å². The summed E-state index contributed by atoms with van der Waals surface area (Å²) in [6.07, 6.45) is 8.35.